The number of allylic oxidation sites excluding steroid dienone is 2. The van der Waals surface area contributed by atoms with Crippen molar-refractivity contribution in [1.29, 1.82) is 0 Å². The SMILES string of the molecule is F[C@H]1[C]=CCc2ccc(-c3ccccc3)cc21. The minimum Gasteiger partial charge on any atom is -0.237 e. The van der Waals surface area contributed by atoms with Gasteiger partial charge in [-0.1, -0.05) is 48.5 Å². The topological polar surface area (TPSA) is 0 Å². The van der Waals surface area contributed by atoms with Gasteiger partial charge in [0.2, 0.25) is 0 Å². The van der Waals surface area contributed by atoms with Crippen LogP contribution in [-0.2, 0) is 6.42 Å². The van der Waals surface area contributed by atoms with Crippen LogP contribution in [0.4, 0.5) is 4.39 Å². The van der Waals surface area contributed by atoms with E-state index in [1.54, 1.807) is 6.08 Å². The van der Waals surface area contributed by atoms with Crippen molar-refractivity contribution in [3.8, 4) is 11.1 Å². The second-order valence-electron chi connectivity index (χ2n) is 4.22. The first-order valence-corrected chi connectivity index (χ1v) is 5.74. The van der Waals surface area contributed by atoms with Crippen LogP contribution in [0.5, 0.6) is 0 Å². The first-order chi connectivity index (χ1) is 8.34. The highest BCUT2D eigenvalue weighted by Gasteiger charge is 2.16. The molecule has 0 amide bonds. The summed E-state index contributed by atoms with van der Waals surface area (Å²) in [5.74, 6) is 0. The van der Waals surface area contributed by atoms with E-state index >= 15 is 0 Å². The zero-order chi connectivity index (χ0) is 11.7. The smallest absolute Gasteiger partial charge is 0.151 e. The molecule has 0 saturated carbocycles. The van der Waals surface area contributed by atoms with E-state index in [9.17, 15) is 4.39 Å². The van der Waals surface area contributed by atoms with Gasteiger partial charge in [0.15, 0.2) is 6.17 Å². The van der Waals surface area contributed by atoms with Crippen molar-refractivity contribution < 1.29 is 4.39 Å². The molecule has 2 aromatic rings. The second kappa shape index (κ2) is 4.17. The van der Waals surface area contributed by atoms with Crippen LogP contribution in [0, 0.1) is 6.08 Å². The van der Waals surface area contributed by atoms with Crippen LogP contribution in [0.15, 0.2) is 54.6 Å². The summed E-state index contributed by atoms with van der Waals surface area (Å²) in [6.45, 7) is 0. The van der Waals surface area contributed by atoms with E-state index in [0.29, 0.717) is 0 Å². The Bertz CT molecular complexity index is 555. The first-order valence-electron chi connectivity index (χ1n) is 5.74. The van der Waals surface area contributed by atoms with Gasteiger partial charge in [-0.2, -0.15) is 0 Å². The van der Waals surface area contributed by atoms with E-state index in [-0.39, 0.29) is 0 Å². The normalized spacial score (nSPS) is 17.8. The number of hydrogen-bond donors (Lipinski definition) is 0. The molecule has 2 aromatic carbocycles. The summed E-state index contributed by atoms with van der Waals surface area (Å²) < 4.78 is 13.7. The molecule has 83 valence electrons. The molecular formula is C16H12F. The zero-order valence-corrected chi connectivity index (χ0v) is 9.36. The average Bonchev–Trinajstić information content (AvgIpc) is 2.40. The Morgan fingerprint density at radius 1 is 1.00 bits per heavy atom. The van der Waals surface area contributed by atoms with Gasteiger partial charge in [0.05, 0.1) is 0 Å². The molecule has 1 atom stereocenters. The molecule has 0 nitrogen and oxygen atoms in total. The molecule has 1 heteroatoms. The van der Waals surface area contributed by atoms with Crippen LogP contribution < -0.4 is 0 Å². The highest BCUT2D eigenvalue weighted by molar-refractivity contribution is 5.65. The van der Waals surface area contributed by atoms with Crippen LogP contribution in [0.1, 0.15) is 17.3 Å². The van der Waals surface area contributed by atoms with E-state index in [0.717, 1.165) is 28.7 Å². The third-order valence-corrected chi connectivity index (χ3v) is 3.11. The third kappa shape index (κ3) is 1.89. The standard InChI is InChI=1S/C16H12F/c17-16-8-4-7-13-9-10-14(11-15(13)16)12-5-2-1-3-6-12/h1-6,9-11,16H,7H2/t16-/m0/s1. The van der Waals surface area contributed by atoms with E-state index in [2.05, 4.69) is 12.1 Å². The molecule has 0 unspecified atom stereocenters. The third-order valence-electron chi connectivity index (χ3n) is 3.11. The Kier molecular flexibility index (Phi) is 2.52. The van der Waals surface area contributed by atoms with Crippen LogP contribution in [-0.4, -0.2) is 0 Å². The van der Waals surface area contributed by atoms with Gasteiger partial charge < -0.3 is 0 Å². The van der Waals surface area contributed by atoms with Crippen molar-refractivity contribution in [2.24, 2.45) is 0 Å². The molecular weight excluding hydrogens is 211 g/mol. The molecule has 0 fully saturated rings. The number of hydrogen-bond acceptors (Lipinski definition) is 0. The Labute approximate surface area is 100 Å². The Morgan fingerprint density at radius 2 is 1.82 bits per heavy atom. The molecule has 0 N–H and O–H groups in total. The molecule has 3 rings (SSSR count). The fourth-order valence-electron chi connectivity index (χ4n) is 2.19. The lowest BCUT2D eigenvalue weighted by Crippen LogP contribution is -2.01. The summed E-state index contributed by atoms with van der Waals surface area (Å²) in [6.07, 6.45) is 4.20. The molecule has 0 spiro atoms. The van der Waals surface area contributed by atoms with Crippen LogP contribution >= 0.6 is 0 Å². The molecule has 0 saturated heterocycles. The van der Waals surface area contributed by atoms with Crippen molar-refractivity contribution >= 4 is 0 Å². The molecule has 1 aliphatic carbocycles. The second-order valence-corrected chi connectivity index (χ2v) is 4.22. The Hall–Kier alpha value is -1.89. The summed E-state index contributed by atoms with van der Waals surface area (Å²) in [5.41, 5.74) is 4.01. The quantitative estimate of drug-likeness (QED) is 0.677. The van der Waals surface area contributed by atoms with Gasteiger partial charge in [-0.3, -0.25) is 0 Å². The molecule has 0 bridgehead atoms. The van der Waals surface area contributed by atoms with Gasteiger partial charge in [-0.05, 0) is 40.8 Å². The lowest BCUT2D eigenvalue weighted by atomic mass is 9.92. The first kappa shape index (κ1) is 10.3. The van der Waals surface area contributed by atoms with Gasteiger partial charge >= 0.3 is 0 Å². The summed E-state index contributed by atoms with van der Waals surface area (Å²) in [7, 11) is 0. The number of halogens is 1. The zero-order valence-electron chi connectivity index (χ0n) is 9.36. The number of alkyl halides is 1. The largest absolute Gasteiger partial charge is 0.237 e. The van der Waals surface area contributed by atoms with E-state index in [1.807, 2.05) is 42.5 Å². The number of benzene rings is 2. The highest BCUT2D eigenvalue weighted by Crippen LogP contribution is 2.31. The number of fused-ring (bicyclic) bond motifs is 1. The van der Waals surface area contributed by atoms with Crippen LogP contribution in [0.3, 0.4) is 0 Å². The Balaban J connectivity index is 2.08. The van der Waals surface area contributed by atoms with Crippen molar-refractivity contribution in [2.75, 3.05) is 0 Å². The highest BCUT2D eigenvalue weighted by atomic mass is 19.1. The van der Waals surface area contributed by atoms with Gasteiger partial charge in [-0.25, -0.2) is 4.39 Å². The number of rotatable bonds is 1. The van der Waals surface area contributed by atoms with E-state index < -0.39 is 6.17 Å². The molecule has 0 aromatic heterocycles. The molecule has 0 heterocycles. The fraction of sp³-hybridized carbons (Fsp3) is 0.125. The summed E-state index contributed by atoms with van der Waals surface area (Å²) in [6, 6.07) is 16.1. The van der Waals surface area contributed by atoms with Gasteiger partial charge in [0.25, 0.3) is 0 Å². The van der Waals surface area contributed by atoms with Crippen LogP contribution in [0.2, 0.25) is 0 Å². The van der Waals surface area contributed by atoms with Gasteiger partial charge in [0, 0.05) is 0 Å². The minimum atomic E-state index is -1.08. The fourth-order valence-corrected chi connectivity index (χ4v) is 2.19. The summed E-state index contributed by atoms with van der Waals surface area (Å²) >= 11 is 0. The lowest BCUT2D eigenvalue weighted by Gasteiger charge is -2.15. The van der Waals surface area contributed by atoms with E-state index in [4.69, 9.17) is 0 Å². The molecule has 1 aliphatic rings. The van der Waals surface area contributed by atoms with Crippen molar-refractivity contribution in [2.45, 2.75) is 12.6 Å². The van der Waals surface area contributed by atoms with Gasteiger partial charge in [-0.15, -0.1) is 0 Å². The molecule has 1 radical (unpaired) electrons. The summed E-state index contributed by atoms with van der Waals surface area (Å²) in [4.78, 5) is 0. The Morgan fingerprint density at radius 3 is 2.65 bits per heavy atom. The lowest BCUT2D eigenvalue weighted by molar-refractivity contribution is 0.397. The predicted molar refractivity (Wildman–Crippen MR) is 67.2 cm³/mol. The maximum atomic E-state index is 13.7. The monoisotopic (exact) mass is 223 g/mol. The molecule has 0 aliphatic heterocycles. The predicted octanol–water partition coefficient (Wildman–Crippen LogP) is 4.28. The van der Waals surface area contributed by atoms with Crippen molar-refractivity contribution in [1.82, 2.24) is 0 Å². The van der Waals surface area contributed by atoms with Crippen molar-refractivity contribution in [3.05, 3.63) is 71.8 Å². The van der Waals surface area contributed by atoms with E-state index in [1.165, 1.54) is 0 Å². The maximum Gasteiger partial charge on any atom is 0.151 e. The van der Waals surface area contributed by atoms with Crippen LogP contribution in [0.25, 0.3) is 11.1 Å². The molecule has 17 heavy (non-hydrogen) atoms. The van der Waals surface area contributed by atoms with Crippen molar-refractivity contribution in [3.63, 3.8) is 0 Å². The average molecular weight is 223 g/mol. The minimum absolute atomic E-state index is 0.758. The summed E-state index contributed by atoms with van der Waals surface area (Å²) in [5, 5.41) is 0. The van der Waals surface area contributed by atoms with Gasteiger partial charge in [0.1, 0.15) is 0 Å². The maximum absolute atomic E-state index is 13.7.